The van der Waals surface area contributed by atoms with Crippen LogP contribution in [0.15, 0.2) is 28.8 Å². The molecule has 2 heterocycles. The van der Waals surface area contributed by atoms with Gasteiger partial charge in [-0.3, -0.25) is 0 Å². The van der Waals surface area contributed by atoms with E-state index >= 15 is 0 Å². The molecule has 22 heavy (non-hydrogen) atoms. The third-order valence-corrected chi connectivity index (χ3v) is 3.78. The summed E-state index contributed by atoms with van der Waals surface area (Å²) in [5, 5.41) is 3.99. The van der Waals surface area contributed by atoms with E-state index in [1.54, 1.807) is 12.1 Å². The number of halogens is 1. The van der Waals surface area contributed by atoms with Crippen LogP contribution in [0.1, 0.15) is 38.4 Å². The number of hydrogen-bond donors (Lipinski definition) is 0. The van der Waals surface area contributed by atoms with Gasteiger partial charge in [-0.05, 0) is 24.3 Å². The van der Waals surface area contributed by atoms with Crippen molar-refractivity contribution >= 4 is 6.01 Å². The predicted octanol–water partition coefficient (Wildman–Crippen LogP) is 3.38. The number of hydrogen-bond acceptors (Lipinski definition) is 5. The Kier molecular flexibility index (Phi) is 4.27. The highest BCUT2D eigenvalue weighted by atomic mass is 19.1. The van der Waals surface area contributed by atoms with E-state index in [1.165, 1.54) is 12.1 Å². The average Bonchev–Trinajstić information content (AvgIpc) is 3.00. The molecule has 118 valence electrons. The molecule has 0 aliphatic carbocycles. The third kappa shape index (κ3) is 3.37. The molecule has 1 aliphatic rings. The Morgan fingerprint density at radius 3 is 2.50 bits per heavy atom. The van der Waals surface area contributed by atoms with Crippen LogP contribution >= 0.6 is 0 Å². The Balaban J connectivity index is 1.54. The molecule has 1 aliphatic heterocycles. The molecule has 0 N–H and O–H groups in total. The Labute approximate surface area is 129 Å². The van der Waals surface area contributed by atoms with Crippen molar-refractivity contribution in [3.05, 3.63) is 35.9 Å². The van der Waals surface area contributed by atoms with Crippen molar-refractivity contribution in [3.8, 4) is 5.75 Å². The average molecular weight is 305 g/mol. The molecule has 1 aromatic heterocycles. The second-order valence-electron chi connectivity index (χ2n) is 5.85. The molecule has 0 unspecified atom stereocenters. The third-order valence-electron chi connectivity index (χ3n) is 3.78. The fourth-order valence-electron chi connectivity index (χ4n) is 2.46. The molecule has 0 saturated carbocycles. The molecule has 0 spiro atoms. The lowest BCUT2D eigenvalue weighted by Gasteiger charge is -2.30. The van der Waals surface area contributed by atoms with E-state index in [-0.39, 0.29) is 17.8 Å². The zero-order valence-electron chi connectivity index (χ0n) is 12.8. The summed E-state index contributed by atoms with van der Waals surface area (Å²) >= 11 is 0. The summed E-state index contributed by atoms with van der Waals surface area (Å²) in [4.78, 5) is 6.50. The van der Waals surface area contributed by atoms with E-state index in [9.17, 15) is 4.39 Å². The number of ether oxygens (including phenoxy) is 1. The largest absolute Gasteiger partial charge is 0.490 e. The Morgan fingerprint density at radius 2 is 1.91 bits per heavy atom. The lowest BCUT2D eigenvalue weighted by atomic mass is 10.1. The summed E-state index contributed by atoms with van der Waals surface area (Å²) in [5.41, 5.74) is 0. The lowest BCUT2D eigenvalue weighted by Crippen LogP contribution is -2.38. The van der Waals surface area contributed by atoms with E-state index in [0.717, 1.165) is 31.8 Å². The smallest absolute Gasteiger partial charge is 0.324 e. The van der Waals surface area contributed by atoms with Crippen LogP contribution in [0.25, 0.3) is 0 Å². The molecule has 3 rings (SSSR count). The monoisotopic (exact) mass is 305 g/mol. The summed E-state index contributed by atoms with van der Waals surface area (Å²) in [7, 11) is 0. The summed E-state index contributed by atoms with van der Waals surface area (Å²) in [6, 6.07) is 6.74. The maximum absolute atomic E-state index is 12.9. The molecule has 0 radical (unpaired) electrons. The van der Waals surface area contributed by atoms with E-state index in [4.69, 9.17) is 9.26 Å². The SMILES string of the molecule is CC(C)c1noc(N2CCC(Oc3ccc(F)cc3)CC2)n1. The minimum absolute atomic E-state index is 0.134. The van der Waals surface area contributed by atoms with E-state index in [2.05, 4.69) is 15.0 Å². The molecule has 0 atom stereocenters. The quantitative estimate of drug-likeness (QED) is 0.866. The lowest BCUT2D eigenvalue weighted by molar-refractivity contribution is 0.168. The van der Waals surface area contributed by atoms with Gasteiger partial charge in [0.15, 0.2) is 5.82 Å². The van der Waals surface area contributed by atoms with Crippen LogP contribution in [0.2, 0.25) is 0 Å². The van der Waals surface area contributed by atoms with E-state index in [0.29, 0.717) is 11.8 Å². The molecule has 1 fully saturated rings. The highest BCUT2D eigenvalue weighted by Crippen LogP contribution is 2.23. The van der Waals surface area contributed by atoms with Gasteiger partial charge in [0.05, 0.1) is 0 Å². The van der Waals surface area contributed by atoms with Gasteiger partial charge in [0.25, 0.3) is 0 Å². The summed E-state index contributed by atoms with van der Waals surface area (Å²) in [6.45, 7) is 5.70. The van der Waals surface area contributed by atoms with Crippen molar-refractivity contribution in [2.24, 2.45) is 0 Å². The molecule has 1 saturated heterocycles. The van der Waals surface area contributed by atoms with E-state index in [1.807, 2.05) is 13.8 Å². The molecule has 0 bridgehead atoms. The second kappa shape index (κ2) is 6.34. The summed E-state index contributed by atoms with van der Waals surface area (Å²) in [5.74, 6) is 1.45. The number of aromatic nitrogens is 2. The highest BCUT2D eigenvalue weighted by molar-refractivity contribution is 5.27. The minimum atomic E-state index is -0.250. The normalized spacial score (nSPS) is 16.3. The first-order valence-electron chi connectivity index (χ1n) is 7.62. The van der Waals surface area contributed by atoms with Gasteiger partial charge < -0.3 is 14.2 Å². The van der Waals surface area contributed by atoms with Gasteiger partial charge in [-0.2, -0.15) is 4.98 Å². The van der Waals surface area contributed by atoms with Gasteiger partial charge in [-0.1, -0.05) is 19.0 Å². The van der Waals surface area contributed by atoms with Crippen LogP contribution < -0.4 is 9.64 Å². The topological polar surface area (TPSA) is 51.4 Å². The number of anilines is 1. The molecule has 6 heteroatoms. The first-order chi connectivity index (χ1) is 10.6. The summed E-state index contributed by atoms with van der Waals surface area (Å²) < 4.78 is 24.1. The van der Waals surface area contributed by atoms with Gasteiger partial charge in [0, 0.05) is 31.8 Å². The maximum atomic E-state index is 12.9. The zero-order chi connectivity index (χ0) is 15.5. The first kappa shape index (κ1) is 14.8. The van der Waals surface area contributed by atoms with Crippen molar-refractivity contribution in [1.82, 2.24) is 10.1 Å². The van der Waals surface area contributed by atoms with Crippen LogP contribution in [-0.2, 0) is 0 Å². The molecule has 5 nitrogen and oxygen atoms in total. The van der Waals surface area contributed by atoms with Gasteiger partial charge in [-0.25, -0.2) is 4.39 Å². The van der Waals surface area contributed by atoms with Crippen molar-refractivity contribution in [3.63, 3.8) is 0 Å². The standard InChI is InChI=1S/C16H20FN3O2/c1-11(2)15-18-16(22-19-15)20-9-7-14(8-10-20)21-13-5-3-12(17)4-6-13/h3-6,11,14H,7-10H2,1-2H3. The van der Waals surface area contributed by atoms with Crippen LogP contribution in [0.4, 0.5) is 10.4 Å². The summed E-state index contributed by atoms with van der Waals surface area (Å²) in [6.07, 6.45) is 1.88. The van der Waals surface area contributed by atoms with Gasteiger partial charge >= 0.3 is 6.01 Å². The number of benzene rings is 1. The second-order valence-corrected chi connectivity index (χ2v) is 5.85. The molecule has 2 aromatic rings. The molecule has 1 aromatic carbocycles. The van der Waals surface area contributed by atoms with Crippen LogP contribution in [0.5, 0.6) is 5.75 Å². The van der Waals surface area contributed by atoms with Gasteiger partial charge in [-0.15, -0.1) is 0 Å². The maximum Gasteiger partial charge on any atom is 0.324 e. The van der Waals surface area contributed by atoms with E-state index < -0.39 is 0 Å². The number of rotatable bonds is 4. The van der Waals surface area contributed by atoms with Crippen LogP contribution in [0, 0.1) is 5.82 Å². The first-order valence-corrected chi connectivity index (χ1v) is 7.62. The van der Waals surface area contributed by atoms with Gasteiger partial charge in [0.1, 0.15) is 17.7 Å². The van der Waals surface area contributed by atoms with Crippen molar-refractivity contribution in [1.29, 1.82) is 0 Å². The molecular formula is C16H20FN3O2. The minimum Gasteiger partial charge on any atom is -0.490 e. The highest BCUT2D eigenvalue weighted by Gasteiger charge is 2.24. The van der Waals surface area contributed by atoms with Crippen molar-refractivity contribution in [2.75, 3.05) is 18.0 Å². The van der Waals surface area contributed by atoms with Gasteiger partial charge in [0.2, 0.25) is 0 Å². The number of piperidine rings is 1. The molecular weight excluding hydrogens is 285 g/mol. The Hall–Kier alpha value is -2.11. The predicted molar refractivity (Wildman–Crippen MR) is 80.7 cm³/mol. The van der Waals surface area contributed by atoms with Crippen LogP contribution in [0.3, 0.4) is 0 Å². The van der Waals surface area contributed by atoms with Crippen molar-refractivity contribution < 1.29 is 13.7 Å². The van der Waals surface area contributed by atoms with Crippen LogP contribution in [-0.4, -0.2) is 29.3 Å². The molecule has 0 amide bonds. The van der Waals surface area contributed by atoms with Crippen molar-refractivity contribution in [2.45, 2.75) is 38.7 Å². The fourth-order valence-corrected chi connectivity index (χ4v) is 2.46. The Morgan fingerprint density at radius 1 is 1.23 bits per heavy atom. The number of nitrogens with zero attached hydrogens (tertiary/aromatic N) is 3. The fraction of sp³-hybridized carbons (Fsp3) is 0.500. The zero-order valence-corrected chi connectivity index (χ0v) is 12.8. The Bertz CT molecular complexity index is 604.